The summed E-state index contributed by atoms with van der Waals surface area (Å²) < 4.78 is 0. The highest BCUT2D eigenvalue weighted by molar-refractivity contribution is 7.81. The highest BCUT2D eigenvalue weighted by atomic mass is 32.1. The van der Waals surface area contributed by atoms with Gasteiger partial charge in [-0.2, -0.15) is 0 Å². The minimum absolute atomic E-state index is 0. The van der Waals surface area contributed by atoms with Crippen molar-refractivity contribution in [1.29, 1.82) is 0 Å². The summed E-state index contributed by atoms with van der Waals surface area (Å²) in [5.74, 6) is 15.0. The van der Waals surface area contributed by atoms with E-state index in [-0.39, 0.29) is 23.5 Å². The van der Waals surface area contributed by atoms with Crippen molar-refractivity contribution < 1.29 is 23.5 Å². The molecule has 10 aliphatic carbocycles. The molecule has 120 heavy (non-hydrogen) atoms. The maximum Gasteiger partial charge on any atom is 0.00403 e. The van der Waals surface area contributed by atoms with Gasteiger partial charge in [0.15, 0.2) is 0 Å². The van der Waals surface area contributed by atoms with Crippen LogP contribution in [0.5, 0.6) is 0 Å². The van der Waals surface area contributed by atoms with E-state index in [4.69, 9.17) is 0 Å². The highest BCUT2D eigenvalue weighted by Gasteiger charge is 2.34. The van der Waals surface area contributed by atoms with E-state index in [9.17, 15) is 0 Å². The summed E-state index contributed by atoms with van der Waals surface area (Å²) in [5, 5.41) is 0. The van der Waals surface area contributed by atoms with Crippen LogP contribution in [0.1, 0.15) is 383 Å². The summed E-state index contributed by atoms with van der Waals surface area (Å²) in [6, 6.07) is 43.4. The van der Waals surface area contributed by atoms with E-state index < -0.39 is 0 Å². The van der Waals surface area contributed by atoms with Crippen LogP contribution in [0.15, 0.2) is 176 Å². The molecule has 0 bridgehead atoms. The van der Waals surface area contributed by atoms with Gasteiger partial charge in [-0.1, -0.05) is 286 Å². The molecule has 5 unspecified atom stereocenters. The van der Waals surface area contributed by atoms with E-state index in [1.165, 1.54) is 349 Å². The standard InChI is InChI=1S/5C22H32S.5FH/c5*1-2-3-4-17-5-7-18(8-6-17)19-9-11-20(12-10-19)21-13-15-22(23)16-14-21;;;;;/h5*11,13-19,23H,2-10,12H2,1H3;5*1H. The molecule has 15 rings (SSSR count). The van der Waals surface area contributed by atoms with Gasteiger partial charge in [-0.3, -0.25) is 23.5 Å². The third kappa shape index (κ3) is 34.4. The third-order valence-electron chi connectivity index (χ3n) is 31.1. The summed E-state index contributed by atoms with van der Waals surface area (Å²) in [5.41, 5.74) is 14.8. The van der Waals surface area contributed by atoms with Crippen LogP contribution >= 0.6 is 63.1 Å². The zero-order valence-corrected chi connectivity index (χ0v) is 79.7. The molecule has 0 radical (unpaired) electrons. The Balaban J connectivity index is 0.000000230. The van der Waals surface area contributed by atoms with Crippen molar-refractivity contribution in [2.24, 2.45) is 88.8 Å². The van der Waals surface area contributed by atoms with Crippen LogP contribution < -0.4 is 0 Å². The zero-order chi connectivity index (χ0) is 80.4. The van der Waals surface area contributed by atoms with Crippen molar-refractivity contribution in [2.75, 3.05) is 0 Å². The van der Waals surface area contributed by atoms with Crippen molar-refractivity contribution >= 4 is 91.0 Å². The second-order valence-electron chi connectivity index (χ2n) is 38.7. The van der Waals surface area contributed by atoms with Crippen LogP contribution in [0, 0.1) is 88.8 Å². The minimum atomic E-state index is 0. The summed E-state index contributed by atoms with van der Waals surface area (Å²) in [6.07, 6.45) is 84.0. The molecule has 5 aromatic carbocycles. The van der Waals surface area contributed by atoms with Gasteiger partial charge in [-0.05, 0) is 366 Å². The van der Waals surface area contributed by atoms with Gasteiger partial charge in [-0.25, -0.2) is 0 Å². The second kappa shape index (κ2) is 57.8. The van der Waals surface area contributed by atoms with E-state index in [0.717, 1.165) is 113 Å². The van der Waals surface area contributed by atoms with Crippen LogP contribution in [-0.4, -0.2) is 0 Å². The largest absolute Gasteiger partial charge is 0.269 e. The first-order chi connectivity index (χ1) is 56.3. The summed E-state index contributed by atoms with van der Waals surface area (Å²) in [4.78, 5) is 5.29. The highest BCUT2D eigenvalue weighted by Crippen LogP contribution is 2.49. The third-order valence-corrected chi connectivity index (χ3v) is 32.6. The molecule has 5 atom stereocenters. The number of unbranched alkanes of at least 4 members (excludes halogenated alkanes) is 5. The van der Waals surface area contributed by atoms with Crippen LogP contribution in [0.4, 0.5) is 23.5 Å². The van der Waals surface area contributed by atoms with E-state index in [2.05, 4.69) is 249 Å². The quantitative estimate of drug-likeness (QED) is 0.0279. The average molecular weight is 1740 g/mol. The molecular formula is C110H165F5S5. The molecular weight excluding hydrogens is 1580 g/mol. The van der Waals surface area contributed by atoms with Crippen LogP contribution in [0.2, 0.25) is 0 Å². The number of allylic oxidation sites excluding steroid dienone is 10. The minimum Gasteiger partial charge on any atom is -0.269 e. The number of halogens is 5. The molecule has 0 amide bonds. The van der Waals surface area contributed by atoms with Crippen LogP contribution in [0.25, 0.3) is 27.9 Å². The van der Waals surface area contributed by atoms with Crippen molar-refractivity contribution in [3.05, 3.63) is 180 Å². The maximum absolute atomic E-state index is 4.39. The Morgan fingerprint density at radius 3 is 0.450 bits per heavy atom. The molecule has 670 valence electrons. The molecule has 0 N–H and O–H groups in total. The molecule has 5 aromatic rings. The van der Waals surface area contributed by atoms with Crippen molar-refractivity contribution in [2.45, 2.75) is 380 Å². The number of hydrogen-bond donors (Lipinski definition) is 5. The predicted molar refractivity (Wildman–Crippen MR) is 532 cm³/mol. The van der Waals surface area contributed by atoms with Gasteiger partial charge in [0.05, 0.1) is 0 Å². The summed E-state index contributed by atoms with van der Waals surface area (Å²) in [7, 11) is 0. The van der Waals surface area contributed by atoms with Crippen LogP contribution in [-0.2, 0) is 0 Å². The molecule has 0 nitrogen and oxygen atoms in total. The van der Waals surface area contributed by atoms with Gasteiger partial charge in [-0.15, -0.1) is 63.1 Å². The first-order valence-electron chi connectivity index (χ1n) is 48.7. The second-order valence-corrected chi connectivity index (χ2v) is 41.3. The maximum atomic E-state index is 4.39. The van der Waals surface area contributed by atoms with E-state index >= 15 is 0 Å². The van der Waals surface area contributed by atoms with Crippen molar-refractivity contribution in [3.8, 4) is 0 Å². The number of rotatable bonds is 25. The van der Waals surface area contributed by atoms with Gasteiger partial charge in [0, 0.05) is 24.5 Å². The fraction of sp³-hybridized carbons (Fsp3) is 0.636. The Labute approximate surface area is 757 Å². The zero-order valence-electron chi connectivity index (χ0n) is 75.2. The fourth-order valence-corrected chi connectivity index (χ4v) is 24.1. The molecule has 0 saturated heterocycles. The first-order valence-corrected chi connectivity index (χ1v) is 51.0. The lowest BCUT2D eigenvalue weighted by atomic mass is 9.70. The van der Waals surface area contributed by atoms with Gasteiger partial charge in [0.25, 0.3) is 0 Å². The molecule has 5 fully saturated rings. The lowest BCUT2D eigenvalue weighted by Gasteiger charge is -2.35. The van der Waals surface area contributed by atoms with E-state index in [1.807, 2.05) is 0 Å². The first kappa shape index (κ1) is 105. The SMILES string of the molecule is CCCCC1CCC(C2CC=C(c3ccc(S)cc3)CC2)CC1.CCCCC1CCC(C2CC=C(c3ccc(S)cc3)CC2)CC1.CCCCC1CCC(C2CC=C(c3ccc(S)cc3)CC2)CC1.CCCCC1CCC(C2CC=C(c3ccc(S)cc3)CC2)CC1.CCCCC1CCC(C2CC=C(c3ccc(S)cc3)CC2)CC1.F.F.F.F.F. The Hall–Kier alpha value is -3.80. The topological polar surface area (TPSA) is 0 Å². The summed E-state index contributed by atoms with van der Waals surface area (Å²) >= 11 is 21.9. The normalized spacial score (nSPS) is 27.2. The van der Waals surface area contributed by atoms with Crippen molar-refractivity contribution in [1.82, 2.24) is 0 Å². The Morgan fingerprint density at radius 2 is 0.333 bits per heavy atom. The lowest BCUT2D eigenvalue weighted by Crippen LogP contribution is -2.23. The molecule has 0 spiro atoms. The molecule has 5 saturated carbocycles. The molecule has 0 heterocycles. The Bertz CT molecular complexity index is 3120. The van der Waals surface area contributed by atoms with Gasteiger partial charge >= 0.3 is 0 Å². The van der Waals surface area contributed by atoms with E-state index in [1.54, 1.807) is 27.9 Å². The average Bonchev–Trinajstić information content (AvgIpc) is 0.852. The Kier molecular flexibility index (Phi) is 50.6. The van der Waals surface area contributed by atoms with E-state index in [0.29, 0.717) is 0 Å². The van der Waals surface area contributed by atoms with Gasteiger partial charge < -0.3 is 0 Å². The summed E-state index contributed by atoms with van der Waals surface area (Å²) in [6.45, 7) is 11.6. The monoisotopic (exact) mass is 1740 g/mol. The predicted octanol–water partition coefficient (Wildman–Crippen LogP) is 36.5. The lowest BCUT2D eigenvalue weighted by molar-refractivity contribution is 0.188. The number of benzene rings is 5. The van der Waals surface area contributed by atoms with Crippen molar-refractivity contribution in [3.63, 3.8) is 0 Å². The molecule has 10 heteroatoms. The molecule has 0 aliphatic heterocycles. The fourth-order valence-electron chi connectivity index (χ4n) is 23.3. The molecule has 10 aliphatic rings. The van der Waals surface area contributed by atoms with Gasteiger partial charge in [0.1, 0.15) is 0 Å². The number of hydrogen-bond acceptors (Lipinski definition) is 5. The smallest absolute Gasteiger partial charge is 0.00403 e. The Morgan fingerprint density at radius 1 is 0.192 bits per heavy atom. The molecule has 0 aromatic heterocycles. The number of thiol groups is 5. The van der Waals surface area contributed by atoms with Gasteiger partial charge in [0.2, 0.25) is 0 Å². The van der Waals surface area contributed by atoms with Crippen LogP contribution in [0.3, 0.4) is 0 Å².